The highest BCUT2D eigenvalue weighted by molar-refractivity contribution is 14.1. The second-order valence-electron chi connectivity index (χ2n) is 2.84. The molecule has 0 rings (SSSR count). The Morgan fingerprint density at radius 2 is 2.17 bits per heavy atom. The fourth-order valence-electron chi connectivity index (χ4n) is 0.826. The fourth-order valence-corrected chi connectivity index (χ4v) is 1.41. The molecule has 1 unspecified atom stereocenters. The zero-order valence-electron chi connectivity index (χ0n) is 7.59. The van der Waals surface area contributed by atoms with E-state index in [1.165, 1.54) is 12.8 Å². The molecule has 0 radical (unpaired) electrons. The third-order valence-electron chi connectivity index (χ3n) is 1.75. The number of hydrogen-bond acceptors (Lipinski definition) is 2. The molecule has 12 heavy (non-hydrogen) atoms. The lowest BCUT2D eigenvalue weighted by atomic mass is 10.2. The van der Waals surface area contributed by atoms with E-state index in [9.17, 15) is 4.79 Å². The maximum absolute atomic E-state index is 10.5. The van der Waals surface area contributed by atoms with E-state index in [4.69, 9.17) is 5.11 Å². The lowest BCUT2D eigenvalue weighted by molar-refractivity contribution is -0.140. The summed E-state index contributed by atoms with van der Waals surface area (Å²) in [6.07, 6.45) is 3.43. The first-order chi connectivity index (χ1) is 5.59. The minimum atomic E-state index is -0.749. The molecule has 0 aliphatic carbocycles. The Bertz CT molecular complexity index is 141. The van der Waals surface area contributed by atoms with Gasteiger partial charge in [0.05, 0.1) is 0 Å². The number of carboxylic acid groups (broad SMARTS) is 1. The number of rotatable bonds is 6. The van der Waals surface area contributed by atoms with Crippen LogP contribution in [0.2, 0.25) is 0 Å². The number of nitrogens with zero attached hydrogens (tertiary/aromatic N) is 1. The van der Waals surface area contributed by atoms with Crippen molar-refractivity contribution in [3.05, 3.63) is 0 Å². The maximum atomic E-state index is 10.5. The van der Waals surface area contributed by atoms with E-state index in [0.29, 0.717) is 0 Å². The van der Waals surface area contributed by atoms with Gasteiger partial charge in [0.25, 0.3) is 0 Å². The molecular weight excluding hydrogens is 269 g/mol. The molecule has 0 heterocycles. The van der Waals surface area contributed by atoms with Crippen LogP contribution in [0.15, 0.2) is 0 Å². The number of carbonyl (C=O) groups is 1. The topological polar surface area (TPSA) is 40.5 Å². The molecule has 0 saturated heterocycles. The molecule has 4 heteroatoms. The van der Waals surface area contributed by atoms with Gasteiger partial charge in [-0.2, -0.15) is 0 Å². The Hall–Kier alpha value is 0.160. The van der Waals surface area contributed by atoms with Crippen molar-refractivity contribution in [1.82, 2.24) is 3.11 Å². The summed E-state index contributed by atoms with van der Waals surface area (Å²) in [7, 11) is 0. The van der Waals surface area contributed by atoms with Crippen molar-refractivity contribution < 1.29 is 9.90 Å². The number of halogens is 1. The van der Waals surface area contributed by atoms with Crippen LogP contribution >= 0.6 is 22.9 Å². The van der Waals surface area contributed by atoms with Gasteiger partial charge in [-0.1, -0.05) is 19.8 Å². The summed E-state index contributed by atoms with van der Waals surface area (Å²) in [6, 6.07) is -0.373. The quantitative estimate of drug-likeness (QED) is 0.462. The molecule has 1 atom stereocenters. The van der Waals surface area contributed by atoms with Gasteiger partial charge in [-0.25, -0.2) is 3.11 Å². The summed E-state index contributed by atoms with van der Waals surface area (Å²) >= 11 is 2.07. The van der Waals surface area contributed by atoms with E-state index in [1.54, 1.807) is 6.92 Å². The first-order valence-electron chi connectivity index (χ1n) is 4.24. The van der Waals surface area contributed by atoms with Crippen LogP contribution in [0.1, 0.15) is 33.1 Å². The normalized spacial score (nSPS) is 13.3. The first-order valence-corrected chi connectivity index (χ1v) is 5.21. The Morgan fingerprint density at radius 1 is 1.58 bits per heavy atom. The summed E-state index contributed by atoms with van der Waals surface area (Å²) in [5.41, 5.74) is 0. The lowest BCUT2D eigenvalue weighted by Crippen LogP contribution is -2.31. The van der Waals surface area contributed by atoms with Crippen LogP contribution in [-0.2, 0) is 4.79 Å². The highest BCUT2D eigenvalue weighted by atomic mass is 127. The van der Waals surface area contributed by atoms with Crippen molar-refractivity contribution in [2.75, 3.05) is 6.54 Å². The van der Waals surface area contributed by atoms with E-state index in [1.807, 2.05) is 3.11 Å². The van der Waals surface area contributed by atoms with Gasteiger partial charge >= 0.3 is 5.97 Å². The van der Waals surface area contributed by atoms with Crippen molar-refractivity contribution in [3.63, 3.8) is 0 Å². The second kappa shape index (κ2) is 6.65. The second-order valence-corrected chi connectivity index (χ2v) is 4.08. The minimum Gasteiger partial charge on any atom is -0.480 e. The number of carboxylic acids is 1. The van der Waals surface area contributed by atoms with Gasteiger partial charge in [-0.05, 0) is 13.3 Å². The van der Waals surface area contributed by atoms with Crippen LogP contribution in [0.4, 0.5) is 0 Å². The molecular formula is C8H16INO2. The summed E-state index contributed by atoms with van der Waals surface area (Å²) < 4.78 is 1.84. The van der Waals surface area contributed by atoms with E-state index >= 15 is 0 Å². The summed E-state index contributed by atoms with van der Waals surface area (Å²) in [6.45, 7) is 4.71. The van der Waals surface area contributed by atoms with Gasteiger partial charge < -0.3 is 5.11 Å². The summed E-state index contributed by atoms with van der Waals surface area (Å²) in [5, 5.41) is 8.66. The smallest absolute Gasteiger partial charge is 0.321 e. The molecule has 3 nitrogen and oxygen atoms in total. The zero-order valence-corrected chi connectivity index (χ0v) is 9.74. The standard InChI is InChI=1S/C8H16INO2/c1-3-4-5-6-10(9)7(2)8(11)12/h7H,3-6H2,1-2H3,(H,11,12). The van der Waals surface area contributed by atoms with Gasteiger partial charge in [0.1, 0.15) is 6.04 Å². The Morgan fingerprint density at radius 3 is 2.58 bits per heavy atom. The largest absolute Gasteiger partial charge is 0.480 e. The molecule has 0 aromatic rings. The highest BCUT2D eigenvalue weighted by Gasteiger charge is 2.16. The van der Waals surface area contributed by atoms with Crippen LogP contribution in [0.5, 0.6) is 0 Å². The van der Waals surface area contributed by atoms with Crippen molar-refractivity contribution in [1.29, 1.82) is 0 Å². The zero-order chi connectivity index (χ0) is 9.56. The van der Waals surface area contributed by atoms with Gasteiger partial charge in [0.15, 0.2) is 0 Å². The minimum absolute atomic E-state index is 0.373. The van der Waals surface area contributed by atoms with Gasteiger partial charge in [0, 0.05) is 29.4 Å². The predicted octanol–water partition coefficient (Wildman–Crippen LogP) is 2.30. The SMILES string of the molecule is CCCCCN(I)C(C)C(=O)O. The monoisotopic (exact) mass is 285 g/mol. The van der Waals surface area contributed by atoms with Crippen LogP contribution in [0, 0.1) is 0 Å². The van der Waals surface area contributed by atoms with Crippen LogP contribution in [-0.4, -0.2) is 26.8 Å². The maximum Gasteiger partial charge on any atom is 0.321 e. The molecule has 0 spiro atoms. The van der Waals surface area contributed by atoms with Gasteiger partial charge in [-0.3, -0.25) is 4.79 Å². The van der Waals surface area contributed by atoms with Crippen LogP contribution < -0.4 is 0 Å². The average molecular weight is 285 g/mol. The fraction of sp³-hybridized carbons (Fsp3) is 0.875. The molecule has 0 aliphatic heterocycles. The Labute approximate surface area is 87.6 Å². The Kier molecular flexibility index (Phi) is 6.74. The summed E-state index contributed by atoms with van der Waals surface area (Å²) in [5.74, 6) is -0.749. The van der Waals surface area contributed by atoms with E-state index in [0.717, 1.165) is 13.0 Å². The van der Waals surface area contributed by atoms with E-state index < -0.39 is 5.97 Å². The molecule has 72 valence electrons. The van der Waals surface area contributed by atoms with E-state index in [2.05, 4.69) is 29.8 Å². The number of hydrogen-bond donors (Lipinski definition) is 1. The molecule has 0 bridgehead atoms. The first kappa shape index (κ1) is 12.2. The molecule has 0 aliphatic rings. The average Bonchev–Trinajstić information content (AvgIpc) is 2.03. The molecule has 0 amide bonds. The van der Waals surface area contributed by atoms with E-state index in [-0.39, 0.29) is 6.04 Å². The van der Waals surface area contributed by atoms with Crippen molar-refractivity contribution >= 4 is 28.8 Å². The van der Waals surface area contributed by atoms with Crippen LogP contribution in [0.3, 0.4) is 0 Å². The predicted molar refractivity (Wildman–Crippen MR) is 57.3 cm³/mol. The molecule has 1 N–H and O–H groups in total. The molecule has 0 aromatic heterocycles. The van der Waals surface area contributed by atoms with Crippen LogP contribution in [0.25, 0.3) is 0 Å². The molecule has 0 aromatic carbocycles. The number of unbranched alkanes of at least 4 members (excludes halogenated alkanes) is 2. The van der Waals surface area contributed by atoms with Crippen molar-refractivity contribution in [2.24, 2.45) is 0 Å². The molecule has 0 fully saturated rings. The summed E-state index contributed by atoms with van der Waals surface area (Å²) in [4.78, 5) is 10.5. The van der Waals surface area contributed by atoms with Crippen molar-refractivity contribution in [3.8, 4) is 0 Å². The number of aliphatic carboxylic acids is 1. The van der Waals surface area contributed by atoms with Crippen molar-refractivity contribution in [2.45, 2.75) is 39.2 Å². The lowest BCUT2D eigenvalue weighted by Gasteiger charge is -2.17. The third kappa shape index (κ3) is 4.92. The van der Waals surface area contributed by atoms with Gasteiger partial charge in [-0.15, -0.1) is 0 Å². The van der Waals surface area contributed by atoms with Gasteiger partial charge in [0.2, 0.25) is 0 Å². The highest BCUT2D eigenvalue weighted by Crippen LogP contribution is 2.09. The molecule has 0 saturated carbocycles. The third-order valence-corrected chi connectivity index (χ3v) is 3.07. The Balaban J connectivity index is 3.56.